The zero-order chi connectivity index (χ0) is 17.3. The number of hydrogen-bond donors (Lipinski definition) is 0. The molecule has 1 aliphatic rings. The van der Waals surface area contributed by atoms with Gasteiger partial charge in [-0.25, -0.2) is 21.6 Å². The van der Waals surface area contributed by atoms with E-state index < -0.39 is 32.4 Å². The van der Waals surface area contributed by atoms with Crippen molar-refractivity contribution in [2.24, 2.45) is 5.92 Å². The maximum absolute atomic E-state index is 14.0. The van der Waals surface area contributed by atoms with Crippen molar-refractivity contribution in [3.63, 3.8) is 0 Å². The molecule has 0 aliphatic heterocycles. The summed E-state index contributed by atoms with van der Waals surface area (Å²) < 4.78 is 67.1. The van der Waals surface area contributed by atoms with Crippen LogP contribution in [0.25, 0.3) is 0 Å². The lowest BCUT2D eigenvalue weighted by atomic mass is 10.2. The summed E-state index contributed by atoms with van der Waals surface area (Å²) in [5.41, 5.74) is 0.581. The van der Waals surface area contributed by atoms with Gasteiger partial charge in [0, 0.05) is 13.1 Å². The molecule has 0 atom stereocenters. The first-order chi connectivity index (χ1) is 11.4. The Balaban J connectivity index is 1.94. The molecule has 0 aromatic heterocycles. The Hall–Kier alpha value is -1.86. The molecule has 24 heavy (non-hydrogen) atoms. The van der Waals surface area contributed by atoms with Gasteiger partial charge in [-0.15, -0.1) is 0 Å². The van der Waals surface area contributed by atoms with Crippen LogP contribution in [0.5, 0.6) is 0 Å². The Bertz CT molecular complexity index is 833. The largest absolute Gasteiger partial charge is 0.246 e. The van der Waals surface area contributed by atoms with E-state index in [1.54, 1.807) is 0 Å². The molecule has 128 valence electrons. The molecule has 0 saturated heterocycles. The third-order valence-corrected chi connectivity index (χ3v) is 5.79. The van der Waals surface area contributed by atoms with E-state index in [-0.39, 0.29) is 19.0 Å². The second-order valence-corrected chi connectivity index (χ2v) is 7.83. The molecule has 0 amide bonds. The Labute approximate surface area is 138 Å². The molecule has 2 aromatic rings. The number of benzene rings is 2. The second kappa shape index (κ2) is 6.57. The molecule has 0 heterocycles. The lowest BCUT2D eigenvalue weighted by Crippen LogP contribution is -2.33. The predicted octanol–water partition coefficient (Wildman–Crippen LogP) is 3.70. The highest BCUT2D eigenvalue weighted by Gasteiger charge is 2.33. The number of nitrogens with zero attached hydrogens (tertiary/aromatic N) is 1. The van der Waals surface area contributed by atoms with Gasteiger partial charge in [0.15, 0.2) is 11.6 Å². The fraction of sp³-hybridized carbons (Fsp3) is 0.294. The zero-order valence-electron chi connectivity index (χ0n) is 12.8. The lowest BCUT2D eigenvalue weighted by Gasteiger charge is -2.22. The monoisotopic (exact) mass is 355 g/mol. The summed E-state index contributed by atoms with van der Waals surface area (Å²) in [5, 5.41) is 0. The third-order valence-electron chi connectivity index (χ3n) is 3.96. The SMILES string of the molecule is O=S(=O)(c1cccc(F)c1F)N(Cc1ccc(F)cc1)CC1CC1. The van der Waals surface area contributed by atoms with E-state index in [1.165, 1.54) is 30.3 Å². The average Bonchev–Trinajstić information content (AvgIpc) is 3.35. The number of sulfonamides is 1. The molecular formula is C17H16F3NO2S. The first-order valence-corrected chi connectivity index (χ1v) is 9.00. The molecule has 2 aromatic carbocycles. The summed E-state index contributed by atoms with van der Waals surface area (Å²) in [6.07, 6.45) is 1.81. The summed E-state index contributed by atoms with van der Waals surface area (Å²) in [6, 6.07) is 8.52. The Morgan fingerprint density at radius 1 is 1.00 bits per heavy atom. The standard InChI is InChI=1S/C17H16F3NO2S/c18-14-8-6-13(7-9-14)11-21(10-12-4-5-12)24(22,23)16-3-1-2-15(19)17(16)20/h1-3,6-9,12H,4-5,10-11H2. The summed E-state index contributed by atoms with van der Waals surface area (Å²) in [7, 11) is -4.19. The minimum atomic E-state index is -4.19. The van der Waals surface area contributed by atoms with Crippen molar-refractivity contribution in [1.29, 1.82) is 0 Å². The molecule has 3 nitrogen and oxygen atoms in total. The van der Waals surface area contributed by atoms with E-state index in [4.69, 9.17) is 0 Å². The Morgan fingerprint density at radius 3 is 2.29 bits per heavy atom. The first-order valence-electron chi connectivity index (χ1n) is 7.56. The van der Waals surface area contributed by atoms with Crippen molar-refractivity contribution in [2.75, 3.05) is 6.54 Å². The van der Waals surface area contributed by atoms with Gasteiger partial charge in [-0.3, -0.25) is 0 Å². The first kappa shape index (κ1) is 17.0. The van der Waals surface area contributed by atoms with E-state index in [9.17, 15) is 21.6 Å². The number of halogens is 3. The van der Waals surface area contributed by atoms with E-state index in [2.05, 4.69) is 0 Å². The van der Waals surface area contributed by atoms with Crippen LogP contribution in [0.1, 0.15) is 18.4 Å². The minimum Gasteiger partial charge on any atom is -0.207 e. The summed E-state index contributed by atoms with van der Waals surface area (Å²) >= 11 is 0. The minimum absolute atomic E-state index is 0.0188. The van der Waals surface area contributed by atoms with Gasteiger partial charge in [0.1, 0.15) is 10.7 Å². The van der Waals surface area contributed by atoms with E-state index in [0.29, 0.717) is 5.56 Å². The molecule has 7 heteroatoms. The van der Waals surface area contributed by atoms with Gasteiger partial charge in [0.05, 0.1) is 0 Å². The normalized spacial score (nSPS) is 15.0. The van der Waals surface area contributed by atoms with Crippen molar-refractivity contribution >= 4 is 10.0 Å². The highest BCUT2D eigenvalue weighted by Crippen LogP contribution is 2.33. The Morgan fingerprint density at radius 2 is 1.67 bits per heavy atom. The number of rotatable bonds is 6. The summed E-state index contributed by atoms with van der Waals surface area (Å²) in [5.74, 6) is -2.79. The molecule has 0 spiro atoms. The van der Waals surface area contributed by atoms with Gasteiger partial charge in [-0.1, -0.05) is 18.2 Å². The summed E-state index contributed by atoms with van der Waals surface area (Å²) in [4.78, 5) is -0.676. The van der Waals surface area contributed by atoms with E-state index in [1.807, 2.05) is 0 Å². The van der Waals surface area contributed by atoms with Gasteiger partial charge in [0.2, 0.25) is 10.0 Å². The van der Waals surface area contributed by atoms with Crippen LogP contribution in [-0.2, 0) is 16.6 Å². The highest BCUT2D eigenvalue weighted by atomic mass is 32.2. The molecule has 0 bridgehead atoms. The smallest absolute Gasteiger partial charge is 0.207 e. The van der Waals surface area contributed by atoms with Crippen LogP contribution >= 0.6 is 0 Å². The van der Waals surface area contributed by atoms with Crippen molar-refractivity contribution < 1.29 is 21.6 Å². The lowest BCUT2D eigenvalue weighted by molar-refractivity contribution is 0.385. The summed E-state index contributed by atoms with van der Waals surface area (Å²) in [6.45, 7) is 0.213. The van der Waals surface area contributed by atoms with Gasteiger partial charge in [0.25, 0.3) is 0 Å². The van der Waals surface area contributed by atoms with Gasteiger partial charge < -0.3 is 0 Å². The van der Waals surface area contributed by atoms with Gasteiger partial charge in [-0.05, 0) is 48.6 Å². The van der Waals surface area contributed by atoms with Crippen LogP contribution in [0, 0.1) is 23.4 Å². The van der Waals surface area contributed by atoms with E-state index in [0.717, 1.165) is 29.3 Å². The van der Waals surface area contributed by atoms with Crippen LogP contribution in [0.15, 0.2) is 47.4 Å². The third kappa shape index (κ3) is 3.62. The van der Waals surface area contributed by atoms with E-state index >= 15 is 0 Å². The van der Waals surface area contributed by atoms with Gasteiger partial charge in [-0.2, -0.15) is 4.31 Å². The number of hydrogen-bond acceptors (Lipinski definition) is 2. The molecule has 1 fully saturated rings. The van der Waals surface area contributed by atoms with Crippen LogP contribution in [0.2, 0.25) is 0 Å². The van der Waals surface area contributed by atoms with Gasteiger partial charge >= 0.3 is 0 Å². The molecule has 0 radical (unpaired) electrons. The molecule has 0 N–H and O–H groups in total. The predicted molar refractivity (Wildman–Crippen MR) is 83.1 cm³/mol. The van der Waals surface area contributed by atoms with Crippen molar-refractivity contribution in [3.8, 4) is 0 Å². The fourth-order valence-electron chi connectivity index (χ4n) is 2.45. The van der Waals surface area contributed by atoms with Crippen molar-refractivity contribution in [3.05, 3.63) is 65.5 Å². The van der Waals surface area contributed by atoms with Crippen LogP contribution in [0.4, 0.5) is 13.2 Å². The zero-order valence-corrected chi connectivity index (χ0v) is 13.6. The fourth-order valence-corrected chi connectivity index (χ4v) is 4.03. The average molecular weight is 355 g/mol. The molecule has 1 aliphatic carbocycles. The highest BCUT2D eigenvalue weighted by molar-refractivity contribution is 7.89. The molecular weight excluding hydrogens is 339 g/mol. The quantitative estimate of drug-likeness (QED) is 0.792. The molecule has 3 rings (SSSR count). The van der Waals surface area contributed by atoms with Crippen LogP contribution < -0.4 is 0 Å². The molecule has 0 unspecified atom stereocenters. The molecule has 1 saturated carbocycles. The topological polar surface area (TPSA) is 37.4 Å². The maximum Gasteiger partial charge on any atom is 0.246 e. The maximum atomic E-state index is 14.0. The van der Waals surface area contributed by atoms with Crippen molar-refractivity contribution in [1.82, 2.24) is 4.31 Å². The second-order valence-electron chi connectivity index (χ2n) is 5.92. The van der Waals surface area contributed by atoms with Crippen LogP contribution in [0.3, 0.4) is 0 Å². The Kier molecular flexibility index (Phi) is 4.64. The van der Waals surface area contributed by atoms with Crippen LogP contribution in [-0.4, -0.2) is 19.3 Å². The van der Waals surface area contributed by atoms with Crippen molar-refractivity contribution in [2.45, 2.75) is 24.3 Å².